The molecule has 9 nitrogen and oxygen atoms in total. The van der Waals surface area contributed by atoms with E-state index < -0.39 is 0 Å². The average molecular weight is 446 g/mol. The number of thiophene rings is 1. The van der Waals surface area contributed by atoms with Crippen LogP contribution < -0.4 is 16.6 Å². The maximum Gasteiger partial charge on any atom is 0.262 e. The van der Waals surface area contributed by atoms with Crippen LogP contribution >= 0.6 is 11.3 Å². The van der Waals surface area contributed by atoms with E-state index >= 15 is 0 Å². The molecule has 10 heteroatoms. The highest BCUT2D eigenvalue weighted by Gasteiger charge is 2.25. The van der Waals surface area contributed by atoms with Crippen LogP contribution in [0.1, 0.15) is 42.5 Å². The predicted molar refractivity (Wildman–Crippen MR) is 117 cm³/mol. The summed E-state index contributed by atoms with van der Waals surface area (Å²) in [5, 5.41) is 3.37. The van der Waals surface area contributed by atoms with E-state index in [-0.39, 0.29) is 48.7 Å². The lowest BCUT2D eigenvalue weighted by molar-refractivity contribution is -0.134. The number of nitrogens with two attached hydrogens (primary N) is 1. The summed E-state index contributed by atoms with van der Waals surface area (Å²) in [7, 11) is 0. The Balaban J connectivity index is 1.30. The van der Waals surface area contributed by atoms with Crippen molar-refractivity contribution in [2.75, 3.05) is 19.6 Å². The van der Waals surface area contributed by atoms with Crippen molar-refractivity contribution in [1.82, 2.24) is 19.8 Å². The van der Waals surface area contributed by atoms with Gasteiger partial charge in [0.05, 0.1) is 11.7 Å². The zero-order chi connectivity index (χ0) is 22.0. The van der Waals surface area contributed by atoms with Gasteiger partial charge in [0.15, 0.2) is 0 Å². The van der Waals surface area contributed by atoms with Gasteiger partial charge in [0.25, 0.3) is 5.56 Å². The lowest BCUT2D eigenvalue weighted by Crippen LogP contribution is -2.43. The summed E-state index contributed by atoms with van der Waals surface area (Å²) in [6, 6.07) is 0. The van der Waals surface area contributed by atoms with Crippen molar-refractivity contribution in [2.24, 2.45) is 11.7 Å². The summed E-state index contributed by atoms with van der Waals surface area (Å²) in [6.07, 6.45) is 6.86. The fourth-order valence-electron chi connectivity index (χ4n) is 4.38. The summed E-state index contributed by atoms with van der Waals surface area (Å²) in [6.45, 7) is 1.09. The molecule has 1 aliphatic heterocycles. The summed E-state index contributed by atoms with van der Waals surface area (Å²) in [4.78, 5) is 56.9. The van der Waals surface area contributed by atoms with Crippen molar-refractivity contribution in [2.45, 2.75) is 51.5 Å². The van der Waals surface area contributed by atoms with Gasteiger partial charge < -0.3 is 16.0 Å². The second-order valence-corrected chi connectivity index (χ2v) is 9.31. The van der Waals surface area contributed by atoms with E-state index in [1.165, 1.54) is 15.8 Å². The van der Waals surface area contributed by atoms with Crippen LogP contribution in [0.15, 0.2) is 11.1 Å². The summed E-state index contributed by atoms with van der Waals surface area (Å²) < 4.78 is 1.34. The first-order valence-corrected chi connectivity index (χ1v) is 11.6. The van der Waals surface area contributed by atoms with Gasteiger partial charge in [-0.1, -0.05) is 0 Å². The number of rotatable bonds is 6. The van der Waals surface area contributed by atoms with E-state index in [2.05, 4.69) is 10.3 Å². The first-order chi connectivity index (χ1) is 14.9. The molecule has 2 aliphatic rings. The minimum Gasteiger partial charge on any atom is -0.369 e. The Morgan fingerprint density at radius 1 is 1.19 bits per heavy atom. The quantitative estimate of drug-likeness (QED) is 0.672. The Morgan fingerprint density at radius 2 is 1.94 bits per heavy atom. The van der Waals surface area contributed by atoms with E-state index in [1.807, 2.05) is 0 Å². The van der Waals surface area contributed by atoms with Crippen molar-refractivity contribution in [3.8, 4) is 0 Å². The van der Waals surface area contributed by atoms with Crippen LogP contribution in [-0.2, 0) is 33.8 Å². The maximum absolute atomic E-state index is 12.9. The van der Waals surface area contributed by atoms with Crippen molar-refractivity contribution in [3.05, 3.63) is 27.1 Å². The molecule has 0 radical (unpaired) electrons. The number of aryl methyl sites for hydroxylation is 2. The van der Waals surface area contributed by atoms with Crippen LogP contribution in [0.5, 0.6) is 0 Å². The summed E-state index contributed by atoms with van der Waals surface area (Å²) >= 11 is 1.58. The summed E-state index contributed by atoms with van der Waals surface area (Å²) in [5.41, 5.74) is 6.24. The van der Waals surface area contributed by atoms with E-state index in [1.54, 1.807) is 16.2 Å². The maximum atomic E-state index is 12.9. The van der Waals surface area contributed by atoms with Crippen molar-refractivity contribution in [1.29, 1.82) is 0 Å². The number of carbonyl (C=O) groups is 3. The molecule has 1 fully saturated rings. The van der Waals surface area contributed by atoms with Crippen LogP contribution in [0.4, 0.5) is 0 Å². The van der Waals surface area contributed by atoms with E-state index in [0.29, 0.717) is 31.3 Å². The van der Waals surface area contributed by atoms with Gasteiger partial charge in [0.2, 0.25) is 17.7 Å². The fraction of sp³-hybridized carbons (Fsp3) is 0.571. The molecule has 2 aromatic rings. The zero-order valence-electron chi connectivity index (χ0n) is 17.4. The highest BCUT2D eigenvalue weighted by Crippen LogP contribution is 2.33. The standard InChI is InChI=1S/C21H27N5O4S/c22-19(29)13-6-9-25(10-7-13)17(28)5-8-23-16(27)11-26-12-24-20-18(21(26)30)14-3-1-2-4-15(14)31-20/h12-13H,1-11H2,(H2,22,29)(H,23,27). The van der Waals surface area contributed by atoms with Gasteiger partial charge in [-0.05, 0) is 44.1 Å². The topological polar surface area (TPSA) is 127 Å². The molecule has 1 saturated heterocycles. The molecule has 1 aliphatic carbocycles. The lowest BCUT2D eigenvalue weighted by Gasteiger charge is -2.30. The number of primary amides is 1. The molecule has 0 aromatic carbocycles. The van der Waals surface area contributed by atoms with Crippen LogP contribution in [0.25, 0.3) is 10.2 Å². The van der Waals surface area contributed by atoms with Crippen LogP contribution in [0.3, 0.4) is 0 Å². The molecule has 3 heterocycles. The Labute approximate surface area is 183 Å². The SMILES string of the molecule is NC(=O)C1CCN(C(=O)CCNC(=O)Cn2cnc3sc4c(c3c2=O)CCCC4)CC1. The molecule has 4 rings (SSSR count). The van der Waals surface area contributed by atoms with Gasteiger partial charge in [-0.25, -0.2) is 4.98 Å². The van der Waals surface area contributed by atoms with E-state index in [0.717, 1.165) is 36.1 Å². The lowest BCUT2D eigenvalue weighted by atomic mass is 9.96. The first kappa shape index (κ1) is 21.5. The van der Waals surface area contributed by atoms with Crippen LogP contribution in [0.2, 0.25) is 0 Å². The number of carbonyl (C=O) groups excluding carboxylic acids is 3. The van der Waals surface area contributed by atoms with Gasteiger partial charge in [-0.15, -0.1) is 11.3 Å². The second kappa shape index (κ2) is 9.17. The first-order valence-electron chi connectivity index (χ1n) is 10.8. The number of nitrogens with one attached hydrogen (secondary N) is 1. The van der Waals surface area contributed by atoms with Crippen molar-refractivity contribution < 1.29 is 14.4 Å². The Hall–Kier alpha value is -2.75. The normalized spacial score (nSPS) is 16.8. The third-order valence-corrected chi connectivity index (χ3v) is 7.37. The van der Waals surface area contributed by atoms with Crippen molar-refractivity contribution >= 4 is 39.3 Å². The van der Waals surface area contributed by atoms with Gasteiger partial charge in [-0.3, -0.25) is 23.7 Å². The number of hydrogen-bond donors (Lipinski definition) is 2. The molecule has 3 N–H and O–H groups in total. The molecule has 0 spiro atoms. The zero-order valence-corrected chi connectivity index (χ0v) is 18.2. The second-order valence-electron chi connectivity index (χ2n) is 8.23. The third kappa shape index (κ3) is 4.63. The Bertz CT molecular complexity index is 1070. The molecule has 0 atom stereocenters. The molecule has 31 heavy (non-hydrogen) atoms. The monoisotopic (exact) mass is 445 g/mol. The molecular formula is C21H27N5O4S. The van der Waals surface area contributed by atoms with Crippen LogP contribution in [-0.4, -0.2) is 51.8 Å². The van der Waals surface area contributed by atoms with Gasteiger partial charge in [-0.2, -0.15) is 0 Å². The minimum atomic E-state index is -0.326. The molecule has 0 saturated carbocycles. The smallest absolute Gasteiger partial charge is 0.262 e. The highest BCUT2D eigenvalue weighted by atomic mass is 32.1. The van der Waals surface area contributed by atoms with Gasteiger partial charge in [0.1, 0.15) is 11.4 Å². The molecular weight excluding hydrogens is 418 g/mol. The van der Waals surface area contributed by atoms with E-state index in [4.69, 9.17) is 5.73 Å². The number of hydrogen-bond acceptors (Lipinski definition) is 6. The highest BCUT2D eigenvalue weighted by molar-refractivity contribution is 7.18. The molecule has 2 aromatic heterocycles. The number of likely N-dealkylation sites (tertiary alicyclic amines) is 1. The van der Waals surface area contributed by atoms with E-state index in [9.17, 15) is 19.2 Å². The fourth-order valence-corrected chi connectivity index (χ4v) is 5.60. The number of aromatic nitrogens is 2. The molecule has 0 bridgehead atoms. The van der Waals surface area contributed by atoms with Gasteiger partial charge >= 0.3 is 0 Å². The number of nitrogens with zero attached hydrogens (tertiary/aromatic N) is 3. The molecule has 166 valence electrons. The number of fused-ring (bicyclic) bond motifs is 3. The Morgan fingerprint density at radius 3 is 2.68 bits per heavy atom. The van der Waals surface area contributed by atoms with Gasteiger partial charge in [0, 0.05) is 36.9 Å². The number of amides is 3. The van der Waals surface area contributed by atoms with Crippen LogP contribution in [0, 0.1) is 5.92 Å². The van der Waals surface area contributed by atoms with Crippen molar-refractivity contribution in [3.63, 3.8) is 0 Å². The Kier molecular flexibility index (Phi) is 6.35. The summed E-state index contributed by atoms with van der Waals surface area (Å²) in [5.74, 6) is -0.868. The largest absolute Gasteiger partial charge is 0.369 e. The predicted octanol–water partition coefficient (Wildman–Crippen LogP) is 0.567. The molecule has 0 unspecified atom stereocenters. The third-order valence-electron chi connectivity index (χ3n) is 6.17. The average Bonchev–Trinajstić information content (AvgIpc) is 3.15. The minimum absolute atomic E-state index is 0.0617. The molecule has 3 amide bonds. The number of piperidine rings is 1.